The van der Waals surface area contributed by atoms with Gasteiger partial charge in [0.2, 0.25) is 0 Å². The Labute approximate surface area is 179 Å². The molecular formula is C22H22N6O3. The third-order valence-corrected chi connectivity index (χ3v) is 4.68. The molecule has 2 aromatic heterocycles. The average Bonchev–Trinajstić information content (AvgIpc) is 3.48. The molecular weight excluding hydrogens is 396 g/mol. The van der Waals surface area contributed by atoms with E-state index < -0.39 is 0 Å². The van der Waals surface area contributed by atoms with Gasteiger partial charge in [0.15, 0.2) is 11.5 Å². The van der Waals surface area contributed by atoms with Crippen LogP contribution in [0, 0.1) is 0 Å². The number of carbonyl (C=O) groups excluding carboxylic acids is 1. The molecule has 158 valence electrons. The number of rotatable bonds is 8. The van der Waals surface area contributed by atoms with Crippen molar-refractivity contribution in [2.75, 3.05) is 19.5 Å². The Bertz CT molecular complexity index is 1150. The minimum absolute atomic E-state index is 0.205. The first-order valence-corrected chi connectivity index (χ1v) is 9.70. The van der Waals surface area contributed by atoms with Crippen LogP contribution in [0.15, 0.2) is 60.8 Å². The third kappa shape index (κ3) is 4.89. The van der Waals surface area contributed by atoms with Crippen LogP contribution >= 0.6 is 0 Å². The summed E-state index contributed by atoms with van der Waals surface area (Å²) in [5, 5.41) is 18.2. The fourth-order valence-electron chi connectivity index (χ4n) is 3.08. The van der Waals surface area contributed by atoms with Gasteiger partial charge in [0.1, 0.15) is 11.5 Å². The molecule has 0 unspecified atom stereocenters. The molecule has 1 amide bonds. The van der Waals surface area contributed by atoms with Crippen molar-refractivity contribution in [2.24, 2.45) is 0 Å². The summed E-state index contributed by atoms with van der Waals surface area (Å²) in [6.07, 6.45) is 2.89. The van der Waals surface area contributed by atoms with E-state index in [2.05, 4.69) is 25.7 Å². The molecule has 0 fully saturated rings. The van der Waals surface area contributed by atoms with Crippen LogP contribution in [0.25, 0.3) is 5.69 Å². The summed E-state index contributed by atoms with van der Waals surface area (Å²) >= 11 is 0. The maximum atomic E-state index is 12.5. The van der Waals surface area contributed by atoms with Crippen LogP contribution in [0.2, 0.25) is 0 Å². The van der Waals surface area contributed by atoms with Gasteiger partial charge in [-0.25, -0.2) is 0 Å². The number of carbonyl (C=O) groups is 1. The van der Waals surface area contributed by atoms with E-state index in [0.29, 0.717) is 12.2 Å². The van der Waals surface area contributed by atoms with Gasteiger partial charge in [-0.3, -0.25) is 9.89 Å². The highest BCUT2D eigenvalue weighted by Gasteiger charge is 2.13. The van der Waals surface area contributed by atoms with Gasteiger partial charge in [0.25, 0.3) is 5.91 Å². The summed E-state index contributed by atoms with van der Waals surface area (Å²) in [4.78, 5) is 13.9. The number of nitrogens with zero attached hydrogens (tertiary/aromatic N) is 4. The number of anilines is 1. The molecule has 2 aromatic carbocycles. The summed E-state index contributed by atoms with van der Waals surface area (Å²) in [5.74, 6) is 1.54. The number of nitrogens with one attached hydrogen (secondary N) is 2. The highest BCUT2D eigenvalue weighted by atomic mass is 16.5. The molecule has 2 N–H and O–H groups in total. The number of ether oxygens (including phenoxy) is 2. The number of aryl methyl sites for hydroxylation is 2. The van der Waals surface area contributed by atoms with Crippen molar-refractivity contribution in [3.8, 4) is 17.2 Å². The second-order valence-electron chi connectivity index (χ2n) is 6.81. The molecule has 0 aliphatic carbocycles. The predicted octanol–water partition coefficient (Wildman–Crippen LogP) is 3.05. The number of hydrogen-bond acceptors (Lipinski definition) is 6. The van der Waals surface area contributed by atoms with Crippen LogP contribution in [0.1, 0.15) is 21.7 Å². The number of amides is 1. The minimum atomic E-state index is -0.377. The van der Waals surface area contributed by atoms with Crippen molar-refractivity contribution in [3.05, 3.63) is 77.7 Å². The van der Waals surface area contributed by atoms with Gasteiger partial charge in [0, 0.05) is 17.8 Å². The van der Waals surface area contributed by atoms with Crippen molar-refractivity contribution in [1.29, 1.82) is 0 Å². The minimum Gasteiger partial charge on any atom is -0.497 e. The molecule has 0 bridgehead atoms. The Morgan fingerprint density at radius 3 is 2.48 bits per heavy atom. The summed E-state index contributed by atoms with van der Waals surface area (Å²) < 4.78 is 10.6. The maximum absolute atomic E-state index is 12.5. The van der Waals surface area contributed by atoms with Crippen molar-refractivity contribution < 1.29 is 14.3 Å². The Kier molecular flexibility index (Phi) is 5.93. The highest BCUT2D eigenvalue weighted by Crippen LogP contribution is 2.23. The summed E-state index contributed by atoms with van der Waals surface area (Å²) in [6, 6.07) is 17.0. The van der Waals surface area contributed by atoms with E-state index in [1.165, 1.54) is 11.0 Å². The lowest BCUT2D eigenvalue weighted by atomic mass is 10.1. The number of methoxy groups -OCH3 is 2. The van der Waals surface area contributed by atoms with E-state index in [9.17, 15) is 4.79 Å². The Balaban J connectivity index is 1.37. The zero-order valence-corrected chi connectivity index (χ0v) is 17.2. The first kappa shape index (κ1) is 20.1. The van der Waals surface area contributed by atoms with Crippen LogP contribution in [-0.2, 0) is 12.8 Å². The molecule has 0 saturated heterocycles. The molecule has 0 radical (unpaired) electrons. The largest absolute Gasteiger partial charge is 0.497 e. The number of H-pyrrole nitrogens is 1. The van der Waals surface area contributed by atoms with E-state index in [1.54, 1.807) is 20.3 Å². The van der Waals surface area contributed by atoms with Crippen molar-refractivity contribution in [2.45, 2.75) is 12.8 Å². The van der Waals surface area contributed by atoms with Gasteiger partial charge in [-0.2, -0.15) is 15.0 Å². The maximum Gasteiger partial charge on any atom is 0.279 e. The van der Waals surface area contributed by atoms with Crippen LogP contribution in [-0.4, -0.2) is 45.3 Å². The van der Waals surface area contributed by atoms with Crippen LogP contribution < -0.4 is 14.8 Å². The van der Waals surface area contributed by atoms with E-state index in [0.717, 1.165) is 34.9 Å². The fraction of sp³-hybridized carbons (Fsp3) is 0.182. The third-order valence-electron chi connectivity index (χ3n) is 4.68. The zero-order valence-electron chi connectivity index (χ0n) is 17.2. The lowest BCUT2D eigenvalue weighted by molar-refractivity contribution is 0.102. The SMILES string of the molecule is COc1cc(CCc2cc(NC(=O)c3cnn(-c4ccccc4)n3)n[nH]2)cc(OC)c1. The highest BCUT2D eigenvalue weighted by molar-refractivity contribution is 6.02. The summed E-state index contributed by atoms with van der Waals surface area (Å²) in [7, 11) is 3.25. The number of para-hydroxylation sites is 1. The summed E-state index contributed by atoms with van der Waals surface area (Å²) in [6.45, 7) is 0. The normalized spacial score (nSPS) is 10.6. The molecule has 0 saturated carbocycles. The second-order valence-corrected chi connectivity index (χ2v) is 6.81. The standard InChI is InChI=1S/C22H22N6O3/c1-30-18-10-15(11-19(13-18)31-2)8-9-16-12-21(26-25-16)24-22(29)20-14-23-28(27-20)17-6-4-3-5-7-17/h3-7,10-14H,8-9H2,1-2H3,(H2,24,25,26,29). The van der Waals surface area contributed by atoms with Crippen molar-refractivity contribution >= 4 is 11.7 Å². The molecule has 4 rings (SSSR count). The van der Waals surface area contributed by atoms with E-state index in [-0.39, 0.29) is 11.6 Å². The Morgan fingerprint density at radius 1 is 1.03 bits per heavy atom. The first-order chi connectivity index (χ1) is 15.1. The molecule has 9 nitrogen and oxygen atoms in total. The smallest absolute Gasteiger partial charge is 0.279 e. The van der Waals surface area contributed by atoms with Gasteiger partial charge in [-0.15, -0.1) is 5.10 Å². The quantitative estimate of drug-likeness (QED) is 0.455. The van der Waals surface area contributed by atoms with Gasteiger partial charge in [0.05, 0.1) is 26.1 Å². The molecule has 31 heavy (non-hydrogen) atoms. The lowest BCUT2D eigenvalue weighted by Gasteiger charge is -2.07. The lowest BCUT2D eigenvalue weighted by Crippen LogP contribution is -2.13. The van der Waals surface area contributed by atoms with Gasteiger partial charge >= 0.3 is 0 Å². The predicted molar refractivity (Wildman–Crippen MR) is 115 cm³/mol. The van der Waals surface area contributed by atoms with Gasteiger partial charge in [-0.05, 0) is 42.7 Å². The number of aromatic nitrogens is 5. The Hall–Kier alpha value is -4.14. The van der Waals surface area contributed by atoms with Crippen LogP contribution in [0.4, 0.5) is 5.82 Å². The molecule has 4 aromatic rings. The van der Waals surface area contributed by atoms with Crippen molar-refractivity contribution in [3.63, 3.8) is 0 Å². The summed E-state index contributed by atoms with van der Waals surface area (Å²) in [5.41, 5.74) is 2.95. The second kappa shape index (κ2) is 9.12. The molecule has 2 heterocycles. The molecule has 9 heteroatoms. The van der Waals surface area contributed by atoms with Gasteiger partial charge < -0.3 is 14.8 Å². The van der Waals surface area contributed by atoms with E-state index in [4.69, 9.17) is 9.47 Å². The number of benzene rings is 2. The number of hydrogen-bond donors (Lipinski definition) is 2. The molecule has 0 aliphatic rings. The molecule has 0 aliphatic heterocycles. The topological polar surface area (TPSA) is 107 Å². The fourth-order valence-corrected chi connectivity index (χ4v) is 3.08. The van der Waals surface area contributed by atoms with Gasteiger partial charge in [-0.1, -0.05) is 18.2 Å². The first-order valence-electron chi connectivity index (χ1n) is 9.70. The number of aromatic amines is 1. The van der Waals surface area contributed by atoms with Crippen molar-refractivity contribution in [1.82, 2.24) is 25.2 Å². The average molecular weight is 418 g/mol. The van der Waals surface area contributed by atoms with E-state index in [1.807, 2.05) is 48.5 Å². The molecule has 0 spiro atoms. The van der Waals surface area contributed by atoms with Crippen LogP contribution in [0.3, 0.4) is 0 Å². The monoisotopic (exact) mass is 418 g/mol. The van der Waals surface area contributed by atoms with E-state index >= 15 is 0 Å². The van der Waals surface area contributed by atoms with Crippen LogP contribution in [0.5, 0.6) is 11.5 Å². The zero-order chi connectivity index (χ0) is 21.6. The molecule has 0 atom stereocenters. The Morgan fingerprint density at radius 2 is 1.77 bits per heavy atom.